The Morgan fingerprint density at radius 1 is 1.53 bits per heavy atom. The molecule has 2 aromatic rings. The van der Waals surface area contributed by atoms with E-state index in [4.69, 9.17) is 0 Å². The van der Waals surface area contributed by atoms with E-state index in [1.165, 1.54) is 29.5 Å². The maximum absolute atomic E-state index is 13.0. The molecule has 0 saturated heterocycles. The second-order valence-electron chi connectivity index (χ2n) is 3.95. The van der Waals surface area contributed by atoms with Gasteiger partial charge in [0.15, 0.2) is 0 Å². The van der Waals surface area contributed by atoms with Crippen molar-refractivity contribution in [1.82, 2.24) is 10.2 Å². The van der Waals surface area contributed by atoms with E-state index < -0.39 is 17.8 Å². The third-order valence-corrected chi connectivity index (χ3v) is 3.14. The highest BCUT2D eigenvalue weighted by molar-refractivity contribution is 7.15. The zero-order valence-corrected chi connectivity index (χ0v) is 10.9. The van der Waals surface area contributed by atoms with Gasteiger partial charge in [0.05, 0.1) is 12.5 Å². The van der Waals surface area contributed by atoms with Gasteiger partial charge in [-0.25, -0.2) is 4.39 Å². The SMILES string of the molecule is Cc1nnc(NC(=O)CC(O)c2cccc(F)c2)s1. The highest BCUT2D eigenvalue weighted by atomic mass is 32.1. The molecule has 0 aliphatic rings. The molecule has 0 radical (unpaired) electrons. The Kier molecular flexibility index (Phi) is 4.18. The number of carbonyl (C=O) groups is 1. The zero-order chi connectivity index (χ0) is 13.8. The smallest absolute Gasteiger partial charge is 0.229 e. The van der Waals surface area contributed by atoms with Gasteiger partial charge in [0, 0.05) is 0 Å². The van der Waals surface area contributed by atoms with Crippen molar-refractivity contribution in [2.24, 2.45) is 0 Å². The fraction of sp³-hybridized carbons (Fsp3) is 0.250. The minimum absolute atomic E-state index is 0.165. The lowest BCUT2D eigenvalue weighted by Gasteiger charge is -2.10. The van der Waals surface area contributed by atoms with Gasteiger partial charge in [0.2, 0.25) is 11.0 Å². The number of hydrogen-bond acceptors (Lipinski definition) is 5. The molecule has 0 spiro atoms. The van der Waals surface area contributed by atoms with Crippen LogP contribution in [-0.2, 0) is 4.79 Å². The number of aliphatic hydroxyl groups excluding tert-OH is 1. The topological polar surface area (TPSA) is 75.1 Å². The first-order chi connectivity index (χ1) is 9.04. The fourth-order valence-corrected chi connectivity index (χ4v) is 2.13. The summed E-state index contributed by atoms with van der Waals surface area (Å²) >= 11 is 1.25. The molecular weight excluding hydrogens is 269 g/mol. The molecule has 7 heteroatoms. The maximum Gasteiger partial charge on any atom is 0.229 e. The van der Waals surface area contributed by atoms with Crippen LogP contribution >= 0.6 is 11.3 Å². The Morgan fingerprint density at radius 2 is 2.32 bits per heavy atom. The molecular formula is C12H12FN3O2S. The molecule has 1 amide bonds. The van der Waals surface area contributed by atoms with Crippen molar-refractivity contribution in [3.8, 4) is 0 Å². The number of aryl methyl sites for hydroxylation is 1. The van der Waals surface area contributed by atoms with Crippen molar-refractivity contribution in [3.63, 3.8) is 0 Å². The summed E-state index contributed by atoms with van der Waals surface area (Å²) in [5, 5.41) is 21.0. The van der Waals surface area contributed by atoms with E-state index >= 15 is 0 Å². The molecule has 0 aliphatic carbocycles. The number of aromatic nitrogens is 2. The van der Waals surface area contributed by atoms with Crippen molar-refractivity contribution >= 4 is 22.4 Å². The number of anilines is 1. The van der Waals surface area contributed by atoms with Crippen LogP contribution in [-0.4, -0.2) is 21.2 Å². The Labute approximate surface area is 113 Å². The van der Waals surface area contributed by atoms with E-state index in [1.54, 1.807) is 13.0 Å². The summed E-state index contributed by atoms with van der Waals surface area (Å²) < 4.78 is 13.0. The summed E-state index contributed by atoms with van der Waals surface area (Å²) in [5.74, 6) is -0.843. The summed E-state index contributed by atoms with van der Waals surface area (Å²) in [7, 11) is 0. The van der Waals surface area contributed by atoms with Crippen LogP contribution in [0.3, 0.4) is 0 Å². The van der Waals surface area contributed by atoms with Gasteiger partial charge >= 0.3 is 0 Å². The summed E-state index contributed by atoms with van der Waals surface area (Å²) in [6, 6.07) is 5.53. The number of hydrogen-bond donors (Lipinski definition) is 2. The van der Waals surface area contributed by atoms with Crippen LogP contribution in [0.4, 0.5) is 9.52 Å². The standard InChI is InChI=1S/C12H12FN3O2S/c1-7-15-16-12(19-7)14-11(18)6-10(17)8-3-2-4-9(13)5-8/h2-5,10,17H,6H2,1H3,(H,14,16,18). The maximum atomic E-state index is 13.0. The van der Waals surface area contributed by atoms with Gasteiger partial charge in [-0.3, -0.25) is 4.79 Å². The average molecular weight is 281 g/mol. The highest BCUT2D eigenvalue weighted by Crippen LogP contribution is 2.19. The molecule has 0 saturated carbocycles. The van der Waals surface area contributed by atoms with Gasteiger partial charge in [-0.15, -0.1) is 10.2 Å². The third kappa shape index (κ3) is 3.80. The molecule has 1 aromatic carbocycles. The van der Waals surface area contributed by atoms with E-state index in [9.17, 15) is 14.3 Å². The van der Waals surface area contributed by atoms with Gasteiger partial charge in [-0.1, -0.05) is 23.5 Å². The summed E-state index contributed by atoms with van der Waals surface area (Å²) in [5.41, 5.74) is 0.364. The van der Waals surface area contributed by atoms with Gasteiger partial charge in [0.25, 0.3) is 0 Å². The first-order valence-electron chi connectivity index (χ1n) is 5.58. The molecule has 19 heavy (non-hydrogen) atoms. The summed E-state index contributed by atoms with van der Waals surface area (Å²) in [6.45, 7) is 1.77. The Balaban J connectivity index is 1.95. The molecule has 100 valence electrons. The second kappa shape index (κ2) is 5.85. The van der Waals surface area contributed by atoms with E-state index in [0.29, 0.717) is 10.7 Å². The minimum atomic E-state index is -1.05. The number of nitrogens with zero attached hydrogens (tertiary/aromatic N) is 2. The molecule has 0 aliphatic heterocycles. The summed E-state index contributed by atoms with van der Waals surface area (Å²) in [6.07, 6.45) is -1.22. The number of amides is 1. The number of aliphatic hydroxyl groups is 1. The van der Waals surface area contributed by atoms with Crippen molar-refractivity contribution in [1.29, 1.82) is 0 Å². The normalized spacial score (nSPS) is 12.2. The van der Waals surface area contributed by atoms with E-state index in [0.717, 1.165) is 5.01 Å². The number of halogens is 1. The molecule has 0 bridgehead atoms. The molecule has 2 N–H and O–H groups in total. The predicted octanol–water partition coefficient (Wildman–Crippen LogP) is 2.05. The van der Waals surface area contributed by atoms with Crippen LogP contribution in [0.2, 0.25) is 0 Å². The molecule has 0 fully saturated rings. The molecule has 1 aromatic heterocycles. The van der Waals surface area contributed by atoms with Crippen molar-refractivity contribution in [3.05, 3.63) is 40.7 Å². The Bertz CT molecular complexity index is 588. The predicted molar refractivity (Wildman–Crippen MR) is 69.3 cm³/mol. The largest absolute Gasteiger partial charge is 0.388 e. The quantitative estimate of drug-likeness (QED) is 0.899. The van der Waals surface area contributed by atoms with Gasteiger partial charge in [0.1, 0.15) is 10.8 Å². The van der Waals surface area contributed by atoms with Crippen LogP contribution in [0, 0.1) is 12.7 Å². The number of rotatable bonds is 4. The third-order valence-electron chi connectivity index (χ3n) is 2.38. The average Bonchev–Trinajstić information content (AvgIpc) is 2.74. The van der Waals surface area contributed by atoms with Gasteiger partial charge in [-0.05, 0) is 24.6 Å². The molecule has 1 atom stereocenters. The number of nitrogens with one attached hydrogen (secondary N) is 1. The molecule has 5 nitrogen and oxygen atoms in total. The van der Waals surface area contributed by atoms with Crippen molar-refractivity contribution in [2.45, 2.75) is 19.4 Å². The fourth-order valence-electron chi connectivity index (χ4n) is 1.52. The minimum Gasteiger partial charge on any atom is -0.388 e. The first kappa shape index (κ1) is 13.6. The van der Waals surface area contributed by atoms with E-state index in [1.807, 2.05) is 0 Å². The van der Waals surface area contributed by atoms with Gasteiger partial charge < -0.3 is 10.4 Å². The Morgan fingerprint density at radius 3 is 2.95 bits per heavy atom. The zero-order valence-electron chi connectivity index (χ0n) is 10.1. The van der Waals surface area contributed by atoms with E-state index in [2.05, 4.69) is 15.5 Å². The van der Waals surface area contributed by atoms with Crippen LogP contribution in [0.1, 0.15) is 23.1 Å². The van der Waals surface area contributed by atoms with E-state index in [-0.39, 0.29) is 6.42 Å². The van der Waals surface area contributed by atoms with Crippen molar-refractivity contribution in [2.75, 3.05) is 5.32 Å². The second-order valence-corrected chi connectivity index (χ2v) is 5.13. The monoisotopic (exact) mass is 281 g/mol. The van der Waals surface area contributed by atoms with Crippen LogP contribution < -0.4 is 5.32 Å². The van der Waals surface area contributed by atoms with Crippen LogP contribution in [0.5, 0.6) is 0 Å². The molecule has 2 rings (SSSR count). The molecule has 1 unspecified atom stereocenters. The first-order valence-corrected chi connectivity index (χ1v) is 6.40. The highest BCUT2D eigenvalue weighted by Gasteiger charge is 2.14. The lowest BCUT2D eigenvalue weighted by Crippen LogP contribution is -2.15. The van der Waals surface area contributed by atoms with Crippen LogP contribution in [0.15, 0.2) is 24.3 Å². The summed E-state index contributed by atoms with van der Waals surface area (Å²) in [4.78, 5) is 11.7. The number of benzene rings is 1. The lowest BCUT2D eigenvalue weighted by atomic mass is 10.1. The van der Waals surface area contributed by atoms with Gasteiger partial charge in [-0.2, -0.15) is 0 Å². The Hall–Kier alpha value is -1.86. The lowest BCUT2D eigenvalue weighted by molar-refractivity contribution is -0.118. The van der Waals surface area contributed by atoms with Crippen molar-refractivity contribution < 1.29 is 14.3 Å². The molecule has 1 heterocycles. The number of carbonyl (C=O) groups excluding carboxylic acids is 1. The van der Waals surface area contributed by atoms with Crippen LogP contribution in [0.25, 0.3) is 0 Å².